The van der Waals surface area contributed by atoms with Gasteiger partial charge in [-0.15, -0.1) is 0 Å². The van der Waals surface area contributed by atoms with Crippen LogP contribution in [0.4, 0.5) is 0 Å². The summed E-state index contributed by atoms with van der Waals surface area (Å²) in [5.41, 5.74) is 7.66. The van der Waals surface area contributed by atoms with E-state index < -0.39 is 0 Å². The van der Waals surface area contributed by atoms with Gasteiger partial charge in [0.05, 0.1) is 7.11 Å². The first-order chi connectivity index (χ1) is 6.77. The zero-order valence-corrected chi connectivity index (χ0v) is 8.66. The molecular weight excluding hydrogens is 176 g/mol. The molecule has 1 aromatic heterocycles. The summed E-state index contributed by atoms with van der Waals surface area (Å²) in [6.45, 7) is 2.71. The normalized spacial score (nSPS) is 10.8. The van der Waals surface area contributed by atoms with Crippen molar-refractivity contribution in [1.29, 1.82) is 0 Å². The SMILES string of the molecule is COc1cc(C)c(C=CCCN)cn1. The highest BCUT2D eigenvalue weighted by Crippen LogP contribution is 2.14. The van der Waals surface area contributed by atoms with Gasteiger partial charge in [0.25, 0.3) is 0 Å². The van der Waals surface area contributed by atoms with E-state index in [-0.39, 0.29) is 0 Å². The van der Waals surface area contributed by atoms with E-state index in [2.05, 4.69) is 11.1 Å². The fourth-order valence-electron chi connectivity index (χ4n) is 1.13. The number of aryl methyl sites for hydroxylation is 1. The first kappa shape index (κ1) is 10.7. The molecule has 0 spiro atoms. The number of nitrogens with zero attached hydrogens (tertiary/aromatic N) is 1. The Morgan fingerprint density at radius 1 is 1.57 bits per heavy atom. The lowest BCUT2D eigenvalue weighted by molar-refractivity contribution is 0.397. The van der Waals surface area contributed by atoms with Crippen molar-refractivity contribution in [1.82, 2.24) is 4.98 Å². The van der Waals surface area contributed by atoms with Crippen LogP contribution in [-0.2, 0) is 0 Å². The summed E-state index contributed by atoms with van der Waals surface area (Å²) in [6, 6.07) is 1.92. The molecule has 2 N–H and O–H groups in total. The Hall–Kier alpha value is -1.35. The predicted octanol–water partition coefficient (Wildman–Crippen LogP) is 1.76. The number of hydrogen-bond acceptors (Lipinski definition) is 3. The van der Waals surface area contributed by atoms with E-state index in [9.17, 15) is 0 Å². The quantitative estimate of drug-likeness (QED) is 0.790. The summed E-state index contributed by atoms with van der Waals surface area (Å²) in [4.78, 5) is 4.13. The summed E-state index contributed by atoms with van der Waals surface area (Å²) < 4.78 is 5.02. The van der Waals surface area contributed by atoms with Crippen LogP contribution in [0.15, 0.2) is 18.3 Å². The van der Waals surface area contributed by atoms with Crippen LogP contribution >= 0.6 is 0 Å². The van der Waals surface area contributed by atoms with Crippen LogP contribution in [0.3, 0.4) is 0 Å². The van der Waals surface area contributed by atoms with E-state index in [1.165, 1.54) is 0 Å². The number of rotatable bonds is 4. The molecule has 3 nitrogen and oxygen atoms in total. The molecule has 0 unspecified atom stereocenters. The van der Waals surface area contributed by atoms with Crippen LogP contribution in [0, 0.1) is 6.92 Å². The van der Waals surface area contributed by atoms with Crippen LogP contribution in [0.25, 0.3) is 6.08 Å². The van der Waals surface area contributed by atoms with E-state index in [4.69, 9.17) is 10.5 Å². The molecule has 0 aliphatic rings. The van der Waals surface area contributed by atoms with Crippen LogP contribution in [0.5, 0.6) is 5.88 Å². The van der Waals surface area contributed by atoms with E-state index in [1.54, 1.807) is 13.3 Å². The highest BCUT2D eigenvalue weighted by atomic mass is 16.5. The zero-order chi connectivity index (χ0) is 10.4. The van der Waals surface area contributed by atoms with Gasteiger partial charge in [0.2, 0.25) is 5.88 Å². The molecule has 0 atom stereocenters. The van der Waals surface area contributed by atoms with Gasteiger partial charge in [0, 0.05) is 12.3 Å². The van der Waals surface area contributed by atoms with Crippen molar-refractivity contribution in [3.63, 3.8) is 0 Å². The molecule has 1 rings (SSSR count). The van der Waals surface area contributed by atoms with Gasteiger partial charge in [-0.05, 0) is 31.0 Å². The molecule has 0 aliphatic carbocycles. The Balaban J connectivity index is 2.78. The van der Waals surface area contributed by atoms with Crippen molar-refractivity contribution in [2.75, 3.05) is 13.7 Å². The fraction of sp³-hybridized carbons (Fsp3) is 0.364. The molecular formula is C11H16N2O. The maximum atomic E-state index is 5.39. The van der Waals surface area contributed by atoms with E-state index in [0.29, 0.717) is 12.4 Å². The minimum absolute atomic E-state index is 0.651. The van der Waals surface area contributed by atoms with Crippen molar-refractivity contribution in [3.8, 4) is 5.88 Å². The maximum absolute atomic E-state index is 5.39. The first-order valence-corrected chi connectivity index (χ1v) is 4.65. The Morgan fingerprint density at radius 3 is 2.93 bits per heavy atom. The molecule has 0 bridgehead atoms. The molecule has 14 heavy (non-hydrogen) atoms. The summed E-state index contributed by atoms with van der Waals surface area (Å²) >= 11 is 0. The molecule has 0 saturated carbocycles. The Kier molecular flexibility index (Phi) is 4.13. The maximum Gasteiger partial charge on any atom is 0.213 e. The summed E-state index contributed by atoms with van der Waals surface area (Å²) in [7, 11) is 1.62. The molecule has 0 aromatic carbocycles. The molecule has 1 heterocycles. The zero-order valence-electron chi connectivity index (χ0n) is 8.66. The Morgan fingerprint density at radius 2 is 2.36 bits per heavy atom. The molecule has 0 saturated heterocycles. The first-order valence-electron chi connectivity index (χ1n) is 4.65. The summed E-state index contributed by atoms with van der Waals surface area (Å²) in [5.74, 6) is 0.651. The second kappa shape index (κ2) is 5.40. The standard InChI is InChI=1S/C11H16N2O/c1-9-7-11(14-2)13-8-10(9)5-3-4-6-12/h3,5,7-8H,4,6,12H2,1-2H3. The van der Waals surface area contributed by atoms with Crippen molar-refractivity contribution in [2.24, 2.45) is 5.73 Å². The van der Waals surface area contributed by atoms with Crippen molar-refractivity contribution < 1.29 is 4.74 Å². The average Bonchev–Trinajstić information content (AvgIpc) is 2.20. The molecule has 0 fully saturated rings. The van der Waals surface area contributed by atoms with Crippen molar-refractivity contribution in [3.05, 3.63) is 29.5 Å². The molecule has 3 heteroatoms. The smallest absolute Gasteiger partial charge is 0.213 e. The lowest BCUT2D eigenvalue weighted by atomic mass is 10.1. The second-order valence-corrected chi connectivity index (χ2v) is 3.06. The third-order valence-corrected chi connectivity index (χ3v) is 1.97. The van der Waals surface area contributed by atoms with Crippen LogP contribution in [0.2, 0.25) is 0 Å². The van der Waals surface area contributed by atoms with Crippen LogP contribution < -0.4 is 10.5 Å². The third kappa shape index (κ3) is 2.85. The summed E-state index contributed by atoms with van der Waals surface area (Å²) in [6.07, 6.45) is 6.79. The van der Waals surface area contributed by atoms with Crippen LogP contribution in [0.1, 0.15) is 17.5 Å². The van der Waals surface area contributed by atoms with Crippen LogP contribution in [-0.4, -0.2) is 18.6 Å². The molecule has 0 amide bonds. The van der Waals surface area contributed by atoms with Gasteiger partial charge in [-0.3, -0.25) is 0 Å². The number of ether oxygens (including phenoxy) is 1. The number of pyridine rings is 1. The Bertz CT molecular complexity index is 321. The van der Waals surface area contributed by atoms with Crippen molar-refractivity contribution >= 4 is 6.08 Å². The largest absolute Gasteiger partial charge is 0.481 e. The van der Waals surface area contributed by atoms with Gasteiger partial charge >= 0.3 is 0 Å². The van der Waals surface area contributed by atoms with Gasteiger partial charge in [0.15, 0.2) is 0 Å². The van der Waals surface area contributed by atoms with E-state index in [0.717, 1.165) is 17.5 Å². The van der Waals surface area contributed by atoms with Gasteiger partial charge in [0.1, 0.15) is 0 Å². The number of nitrogens with two attached hydrogens (primary N) is 1. The minimum atomic E-state index is 0.651. The highest BCUT2D eigenvalue weighted by Gasteiger charge is 1.97. The van der Waals surface area contributed by atoms with Gasteiger partial charge < -0.3 is 10.5 Å². The second-order valence-electron chi connectivity index (χ2n) is 3.06. The monoisotopic (exact) mass is 192 g/mol. The number of aromatic nitrogens is 1. The highest BCUT2D eigenvalue weighted by molar-refractivity contribution is 5.52. The minimum Gasteiger partial charge on any atom is -0.481 e. The average molecular weight is 192 g/mol. The van der Waals surface area contributed by atoms with E-state index >= 15 is 0 Å². The fourth-order valence-corrected chi connectivity index (χ4v) is 1.13. The third-order valence-electron chi connectivity index (χ3n) is 1.97. The molecule has 0 aliphatic heterocycles. The molecule has 76 valence electrons. The summed E-state index contributed by atoms with van der Waals surface area (Å²) in [5, 5.41) is 0. The number of hydrogen-bond donors (Lipinski definition) is 1. The lowest BCUT2D eigenvalue weighted by Crippen LogP contribution is -1.95. The van der Waals surface area contributed by atoms with Gasteiger partial charge in [-0.25, -0.2) is 4.98 Å². The van der Waals surface area contributed by atoms with E-state index in [1.807, 2.05) is 19.1 Å². The topological polar surface area (TPSA) is 48.1 Å². The Labute approximate surface area is 84.6 Å². The predicted molar refractivity (Wildman–Crippen MR) is 58.2 cm³/mol. The lowest BCUT2D eigenvalue weighted by Gasteiger charge is -2.02. The number of methoxy groups -OCH3 is 1. The molecule has 0 radical (unpaired) electrons. The molecule has 1 aromatic rings. The van der Waals surface area contributed by atoms with Crippen molar-refractivity contribution in [2.45, 2.75) is 13.3 Å². The van der Waals surface area contributed by atoms with Gasteiger partial charge in [-0.1, -0.05) is 12.2 Å². The van der Waals surface area contributed by atoms with Gasteiger partial charge in [-0.2, -0.15) is 0 Å².